The Hall–Kier alpha value is -2.54. The van der Waals surface area contributed by atoms with E-state index in [1.54, 1.807) is 24.3 Å². The fraction of sp³-hybridized carbons (Fsp3) is 0.350. The molecule has 0 saturated heterocycles. The minimum Gasteiger partial charge on any atom is -0.497 e. The van der Waals surface area contributed by atoms with Gasteiger partial charge in [-0.25, -0.2) is 8.42 Å². The SMILES string of the molecule is COc1cccc(N(CCCC(=O)Nc2cc(C)cc(C)c2)S(C)(=O)=O)c1. The first kappa shape index (κ1) is 20.8. The second-order valence-electron chi connectivity index (χ2n) is 6.56. The Morgan fingerprint density at radius 1 is 1.11 bits per heavy atom. The lowest BCUT2D eigenvalue weighted by molar-refractivity contribution is -0.116. The fourth-order valence-electron chi connectivity index (χ4n) is 2.91. The summed E-state index contributed by atoms with van der Waals surface area (Å²) in [4.78, 5) is 12.2. The molecule has 1 amide bonds. The first-order valence-corrected chi connectivity index (χ1v) is 10.5. The van der Waals surface area contributed by atoms with Gasteiger partial charge in [0.2, 0.25) is 15.9 Å². The molecule has 6 nitrogen and oxygen atoms in total. The second kappa shape index (κ2) is 8.90. The Kier molecular flexibility index (Phi) is 6.85. The molecule has 0 aliphatic heterocycles. The maximum absolute atomic E-state index is 12.2. The molecule has 0 radical (unpaired) electrons. The lowest BCUT2D eigenvalue weighted by Gasteiger charge is -2.22. The van der Waals surface area contributed by atoms with Gasteiger partial charge in [0.15, 0.2) is 0 Å². The predicted molar refractivity (Wildman–Crippen MR) is 109 cm³/mol. The molecule has 2 rings (SSSR count). The molecule has 27 heavy (non-hydrogen) atoms. The summed E-state index contributed by atoms with van der Waals surface area (Å²) in [5.41, 5.74) is 3.43. The van der Waals surface area contributed by atoms with Crippen LogP contribution >= 0.6 is 0 Å². The van der Waals surface area contributed by atoms with Gasteiger partial charge in [-0.2, -0.15) is 0 Å². The maximum Gasteiger partial charge on any atom is 0.232 e. The van der Waals surface area contributed by atoms with E-state index in [-0.39, 0.29) is 18.9 Å². The number of nitrogens with one attached hydrogen (secondary N) is 1. The van der Waals surface area contributed by atoms with Crippen molar-refractivity contribution >= 4 is 27.3 Å². The zero-order valence-corrected chi connectivity index (χ0v) is 17.0. The Bertz CT molecular complexity index is 890. The van der Waals surface area contributed by atoms with Crippen LogP contribution in [0.5, 0.6) is 5.75 Å². The first-order valence-electron chi connectivity index (χ1n) is 8.69. The van der Waals surface area contributed by atoms with Crippen LogP contribution in [0.1, 0.15) is 24.0 Å². The van der Waals surface area contributed by atoms with Crippen LogP contribution in [0.2, 0.25) is 0 Å². The second-order valence-corrected chi connectivity index (χ2v) is 8.47. The average molecular weight is 391 g/mol. The highest BCUT2D eigenvalue weighted by Gasteiger charge is 2.18. The van der Waals surface area contributed by atoms with Crippen LogP contribution in [0.4, 0.5) is 11.4 Å². The molecule has 146 valence electrons. The van der Waals surface area contributed by atoms with E-state index in [1.807, 2.05) is 32.0 Å². The van der Waals surface area contributed by atoms with Crippen molar-refractivity contribution in [2.24, 2.45) is 0 Å². The molecule has 2 aromatic carbocycles. The number of carbonyl (C=O) groups is 1. The summed E-state index contributed by atoms with van der Waals surface area (Å²) in [6.45, 7) is 4.16. The molecule has 0 atom stereocenters. The summed E-state index contributed by atoms with van der Waals surface area (Å²) in [7, 11) is -1.94. The molecule has 0 aliphatic rings. The third-order valence-corrected chi connectivity index (χ3v) is 5.21. The number of amides is 1. The summed E-state index contributed by atoms with van der Waals surface area (Å²) < 4.78 is 30.8. The van der Waals surface area contributed by atoms with Crippen LogP contribution in [-0.2, 0) is 14.8 Å². The number of ether oxygens (including phenoxy) is 1. The highest BCUT2D eigenvalue weighted by Crippen LogP contribution is 2.23. The summed E-state index contributed by atoms with van der Waals surface area (Å²) in [5, 5.41) is 2.87. The van der Waals surface area contributed by atoms with E-state index in [9.17, 15) is 13.2 Å². The molecule has 0 aromatic heterocycles. The van der Waals surface area contributed by atoms with E-state index in [0.717, 1.165) is 23.1 Å². The third-order valence-electron chi connectivity index (χ3n) is 4.01. The van der Waals surface area contributed by atoms with Gasteiger partial charge in [0.1, 0.15) is 5.75 Å². The Morgan fingerprint density at radius 2 is 1.78 bits per heavy atom. The highest BCUT2D eigenvalue weighted by molar-refractivity contribution is 7.92. The van der Waals surface area contributed by atoms with Gasteiger partial charge < -0.3 is 10.1 Å². The number of carbonyl (C=O) groups excluding carboxylic acids is 1. The standard InChI is InChI=1S/C20H26N2O4S/c1-15-11-16(2)13-17(12-15)21-20(23)9-6-10-22(27(4,24)25)18-7-5-8-19(14-18)26-3/h5,7-8,11-14H,6,9-10H2,1-4H3,(H,21,23). The molecular formula is C20H26N2O4S. The van der Waals surface area contributed by atoms with Gasteiger partial charge in [-0.1, -0.05) is 12.1 Å². The summed E-state index contributed by atoms with van der Waals surface area (Å²) >= 11 is 0. The Balaban J connectivity index is 2.00. The van der Waals surface area contributed by atoms with Gasteiger partial charge in [-0.3, -0.25) is 9.10 Å². The van der Waals surface area contributed by atoms with E-state index < -0.39 is 10.0 Å². The van der Waals surface area contributed by atoms with E-state index in [2.05, 4.69) is 5.32 Å². The molecule has 7 heteroatoms. The van der Waals surface area contributed by atoms with E-state index in [4.69, 9.17) is 4.74 Å². The topological polar surface area (TPSA) is 75.7 Å². The molecule has 0 bridgehead atoms. The van der Waals surface area contributed by atoms with Crippen LogP contribution in [0, 0.1) is 13.8 Å². The molecule has 2 aromatic rings. The lowest BCUT2D eigenvalue weighted by Crippen LogP contribution is -2.31. The van der Waals surface area contributed by atoms with Crippen molar-refractivity contribution in [3.63, 3.8) is 0 Å². The number of rotatable bonds is 8. The summed E-state index contributed by atoms with van der Waals surface area (Å²) in [6.07, 6.45) is 1.78. The van der Waals surface area contributed by atoms with Gasteiger partial charge in [0.25, 0.3) is 0 Å². The number of benzene rings is 2. The molecular weight excluding hydrogens is 364 g/mol. The van der Waals surface area contributed by atoms with Gasteiger partial charge in [0.05, 0.1) is 19.1 Å². The monoisotopic (exact) mass is 390 g/mol. The van der Waals surface area contributed by atoms with Gasteiger partial charge >= 0.3 is 0 Å². The normalized spacial score (nSPS) is 11.1. The molecule has 0 fully saturated rings. The van der Waals surface area contributed by atoms with Gasteiger partial charge in [-0.05, 0) is 55.7 Å². The number of hydrogen-bond donors (Lipinski definition) is 1. The van der Waals surface area contributed by atoms with E-state index >= 15 is 0 Å². The van der Waals surface area contributed by atoms with Crippen molar-refractivity contribution in [2.75, 3.05) is 29.5 Å². The van der Waals surface area contributed by atoms with E-state index in [0.29, 0.717) is 17.9 Å². The minimum absolute atomic E-state index is 0.140. The van der Waals surface area contributed by atoms with Crippen molar-refractivity contribution < 1.29 is 17.9 Å². The van der Waals surface area contributed by atoms with Crippen molar-refractivity contribution in [2.45, 2.75) is 26.7 Å². The van der Waals surface area contributed by atoms with Crippen molar-refractivity contribution in [1.29, 1.82) is 0 Å². The Morgan fingerprint density at radius 3 is 2.37 bits per heavy atom. The van der Waals surface area contributed by atoms with E-state index in [1.165, 1.54) is 11.4 Å². The van der Waals surface area contributed by atoms with Crippen LogP contribution in [0.25, 0.3) is 0 Å². The quantitative estimate of drug-likeness (QED) is 0.749. The van der Waals surface area contributed by atoms with Crippen molar-refractivity contribution in [1.82, 2.24) is 0 Å². The predicted octanol–water partition coefficient (Wildman–Crippen LogP) is 3.50. The minimum atomic E-state index is -3.46. The zero-order chi connectivity index (χ0) is 20.0. The van der Waals surface area contributed by atoms with Crippen LogP contribution < -0.4 is 14.4 Å². The summed E-state index contributed by atoms with van der Waals surface area (Å²) in [5.74, 6) is 0.438. The van der Waals surface area contributed by atoms with Crippen molar-refractivity contribution in [3.05, 3.63) is 53.6 Å². The first-order chi connectivity index (χ1) is 12.7. The van der Waals surface area contributed by atoms with Gasteiger partial charge in [-0.15, -0.1) is 0 Å². The largest absolute Gasteiger partial charge is 0.497 e. The molecule has 1 N–H and O–H groups in total. The smallest absolute Gasteiger partial charge is 0.232 e. The third kappa shape index (κ3) is 6.29. The van der Waals surface area contributed by atoms with Gasteiger partial charge in [0, 0.05) is 24.7 Å². The fourth-order valence-corrected chi connectivity index (χ4v) is 3.86. The maximum atomic E-state index is 12.2. The number of nitrogens with zero attached hydrogens (tertiary/aromatic N) is 1. The number of anilines is 2. The molecule has 0 heterocycles. The highest BCUT2D eigenvalue weighted by atomic mass is 32.2. The molecule has 0 unspecified atom stereocenters. The number of sulfonamides is 1. The number of hydrogen-bond acceptors (Lipinski definition) is 4. The Labute approximate surface area is 161 Å². The number of methoxy groups -OCH3 is 1. The van der Waals surface area contributed by atoms with Crippen molar-refractivity contribution in [3.8, 4) is 5.75 Å². The van der Waals surface area contributed by atoms with Crippen LogP contribution in [-0.4, -0.2) is 34.2 Å². The average Bonchev–Trinajstić information content (AvgIpc) is 2.56. The number of aryl methyl sites for hydroxylation is 2. The molecule has 0 aliphatic carbocycles. The zero-order valence-electron chi connectivity index (χ0n) is 16.2. The molecule has 0 spiro atoms. The van der Waals surface area contributed by atoms with Crippen LogP contribution in [0.3, 0.4) is 0 Å². The van der Waals surface area contributed by atoms with Crippen LogP contribution in [0.15, 0.2) is 42.5 Å². The molecule has 0 saturated carbocycles. The lowest BCUT2D eigenvalue weighted by atomic mass is 10.1. The summed E-state index contributed by atoms with van der Waals surface area (Å²) in [6, 6.07) is 12.7.